The van der Waals surface area contributed by atoms with Gasteiger partial charge in [-0.25, -0.2) is 0 Å². The number of hydrogen-bond acceptors (Lipinski definition) is 2. The van der Waals surface area contributed by atoms with Crippen LogP contribution in [0.3, 0.4) is 0 Å². The van der Waals surface area contributed by atoms with Crippen LogP contribution in [-0.2, 0) is 4.79 Å². The molecule has 3 nitrogen and oxygen atoms in total. The van der Waals surface area contributed by atoms with Crippen molar-refractivity contribution in [1.29, 1.82) is 0 Å². The Morgan fingerprint density at radius 2 is 1.90 bits per heavy atom. The molecule has 20 heavy (non-hydrogen) atoms. The third kappa shape index (κ3) is 3.65. The van der Waals surface area contributed by atoms with Crippen LogP contribution in [0.5, 0.6) is 0 Å². The predicted molar refractivity (Wildman–Crippen MR) is 70.2 cm³/mol. The van der Waals surface area contributed by atoms with E-state index < -0.39 is 18.1 Å². The fourth-order valence-corrected chi connectivity index (χ4v) is 2.96. The van der Waals surface area contributed by atoms with E-state index in [4.69, 9.17) is 0 Å². The summed E-state index contributed by atoms with van der Waals surface area (Å²) < 4.78 is 38.0. The highest BCUT2D eigenvalue weighted by atomic mass is 19.4. The quantitative estimate of drug-likeness (QED) is 0.863. The lowest BCUT2D eigenvalue weighted by Crippen LogP contribution is -2.51. The molecule has 0 aromatic rings. The first-order chi connectivity index (χ1) is 9.22. The summed E-state index contributed by atoms with van der Waals surface area (Å²) in [4.78, 5) is 13.7. The number of halogens is 3. The summed E-state index contributed by atoms with van der Waals surface area (Å²) in [6.45, 7) is 4.11. The highest BCUT2D eigenvalue weighted by Gasteiger charge is 2.47. The molecule has 0 aromatic heterocycles. The minimum Gasteiger partial charge on any atom is -0.330 e. The molecule has 1 amide bonds. The molecule has 2 rings (SSSR count). The zero-order chi connectivity index (χ0) is 15.0. The number of hydrogen-bond donors (Lipinski definition) is 1. The van der Waals surface area contributed by atoms with E-state index in [9.17, 15) is 18.0 Å². The Kier molecular flexibility index (Phi) is 4.33. The Labute approximate surface area is 117 Å². The first-order valence-electron chi connectivity index (χ1n) is 7.30. The Bertz CT molecular complexity index is 358. The van der Waals surface area contributed by atoms with Crippen molar-refractivity contribution < 1.29 is 18.0 Å². The third-order valence-electron chi connectivity index (χ3n) is 4.47. The summed E-state index contributed by atoms with van der Waals surface area (Å²) in [5.41, 5.74) is -0.735. The lowest BCUT2D eigenvalue weighted by Gasteiger charge is -2.40. The average molecular weight is 292 g/mol. The van der Waals surface area contributed by atoms with Gasteiger partial charge in [0, 0.05) is 11.5 Å². The van der Waals surface area contributed by atoms with Gasteiger partial charge in [0.2, 0.25) is 5.91 Å². The maximum Gasteiger partial charge on any atom is 0.406 e. The molecule has 0 aromatic carbocycles. The Morgan fingerprint density at radius 3 is 2.35 bits per heavy atom. The third-order valence-corrected chi connectivity index (χ3v) is 4.47. The van der Waals surface area contributed by atoms with E-state index in [-0.39, 0.29) is 17.9 Å². The van der Waals surface area contributed by atoms with E-state index in [1.54, 1.807) is 13.8 Å². The van der Waals surface area contributed by atoms with Crippen molar-refractivity contribution in [3.8, 4) is 0 Å². The van der Waals surface area contributed by atoms with E-state index in [0.29, 0.717) is 19.4 Å². The van der Waals surface area contributed by atoms with Gasteiger partial charge in [-0.15, -0.1) is 0 Å². The molecule has 1 aliphatic carbocycles. The van der Waals surface area contributed by atoms with Crippen LogP contribution in [0.15, 0.2) is 0 Å². The lowest BCUT2D eigenvalue weighted by atomic mass is 9.74. The van der Waals surface area contributed by atoms with Crippen molar-refractivity contribution in [2.24, 2.45) is 11.3 Å². The smallest absolute Gasteiger partial charge is 0.330 e. The van der Waals surface area contributed by atoms with Crippen LogP contribution in [-0.4, -0.2) is 42.7 Å². The van der Waals surface area contributed by atoms with Crippen LogP contribution < -0.4 is 5.32 Å². The maximum absolute atomic E-state index is 12.7. The number of nitrogens with zero attached hydrogens (tertiary/aromatic N) is 1. The monoisotopic (exact) mass is 292 g/mol. The fourth-order valence-electron chi connectivity index (χ4n) is 2.96. The van der Waals surface area contributed by atoms with Crippen LogP contribution in [0.1, 0.15) is 39.5 Å². The summed E-state index contributed by atoms with van der Waals surface area (Å²) in [5, 5.41) is 3.23. The van der Waals surface area contributed by atoms with Crippen LogP contribution in [0.25, 0.3) is 0 Å². The maximum atomic E-state index is 12.7. The summed E-state index contributed by atoms with van der Waals surface area (Å²) in [7, 11) is 0. The van der Waals surface area contributed by atoms with Crippen molar-refractivity contribution in [1.82, 2.24) is 10.2 Å². The van der Waals surface area contributed by atoms with Crippen molar-refractivity contribution in [3.63, 3.8) is 0 Å². The summed E-state index contributed by atoms with van der Waals surface area (Å²) in [5.74, 6) is -0.232. The average Bonchev–Trinajstić information content (AvgIpc) is 3.19. The molecule has 2 fully saturated rings. The van der Waals surface area contributed by atoms with E-state index in [0.717, 1.165) is 24.3 Å². The van der Waals surface area contributed by atoms with Crippen molar-refractivity contribution in [3.05, 3.63) is 0 Å². The Morgan fingerprint density at radius 1 is 1.25 bits per heavy atom. The molecule has 0 spiro atoms. The summed E-state index contributed by atoms with van der Waals surface area (Å²) in [6, 6.07) is -0.208. The van der Waals surface area contributed by atoms with E-state index in [2.05, 4.69) is 5.32 Å². The molecule has 6 heteroatoms. The van der Waals surface area contributed by atoms with Gasteiger partial charge in [0.25, 0.3) is 0 Å². The first-order valence-corrected chi connectivity index (χ1v) is 7.30. The van der Waals surface area contributed by atoms with Crippen LogP contribution in [0.2, 0.25) is 0 Å². The molecular weight excluding hydrogens is 269 g/mol. The van der Waals surface area contributed by atoms with E-state index in [1.165, 1.54) is 0 Å². The molecule has 0 radical (unpaired) electrons. The van der Waals surface area contributed by atoms with Gasteiger partial charge < -0.3 is 10.2 Å². The standard InChI is InChI=1S/C14H23F3N2O/c1-13(2,10-4-3-7-18-8-10)12(20)19(11-5-6-11)9-14(15,16)17/h10-11,18H,3-9H2,1-2H3. The van der Waals surface area contributed by atoms with Gasteiger partial charge in [0.1, 0.15) is 6.54 Å². The van der Waals surface area contributed by atoms with E-state index >= 15 is 0 Å². The molecule has 1 aliphatic heterocycles. The second kappa shape index (κ2) is 5.54. The van der Waals surface area contributed by atoms with Gasteiger partial charge in [-0.05, 0) is 44.7 Å². The van der Waals surface area contributed by atoms with Crippen LogP contribution in [0, 0.1) is 11.3 Å². The Hall–Kier alpha value is -0.780. The van der Waals surface area contributed by atoms with Gasteiger partial charge in [0.05, 0.1) is 0 Å². The van der Waals surface area contributed by atoms with Crippen LogP contribution in [0.4, 0.5) is 13.2 Å². The summed E-state index contributed by atoms with van der Waals surface area (Å²) >= 11 is 0. The SMILES string of the molecule is CC(C)(C(=O)N(CC(F)(F)F)C1CC1)C1CCCNC1. The van der Waals surface area contributed by atoms with Crippen LogP contribution >= 0.6 is 0 Å². The number of piperidine rings is 1. The minimum absolute atomic E-state index is 0.109. The lowest BCUT2D eigenvalue weighted by molar-refractivity contribution is -0.170. The van der Waals surface area contributed by atoms with Crippen molar-refractivity contribution in [2.75, 3.05) is 19.6 Å². The number of nitrogens with one attached hydrogen (secondary N) is 1. The molecule has 116 valence electrons. The molecule has 1 saturated carbocycles. The van der Waals surface area contributed by atoms with Gasteiger partial charge in [-0.1, -0.05) is 13.8 Å². The molecule has 1 unspecified atom stereocenters. The molecular formula is C14H23F3N2O. The predicted octanol–water partition coefficient (Wildman–Crippen LogP) is 2.57. The van der Waals surface area contributed by atoms with E-state index in [1.807, 2.05) is 0 Å². The highest BCUT2D eigenvalue weighted by Crippen LogP contribution is 2.38. The molecule has 1 heterocycles. The van der Waals surface area contributed by atoms with Crippen molar-refractivity contribution in [2.45, 2.75) is 51.7 Å². The topological polar surface area (TPSA) is 32.3 Å². The second-order valence-corrected chi connectivity index (χ2v) is 6.54. The second-order valence-electron chi connectivity index (χ2n) is 6.54. The van der Waals surface area contributed by atoms with Gasteiger partial charge in [-0.2, -0.15) is 13.2 Å². The normalized spacial score (nSPS) is 24.6. The molecule has 1 saturated heterocycles. The molecule has 2 aliphatic rings. The number of rotatable bonds is 4. The minimum atomic E-state index is -4.32. The van der Waals surface area contributed by atoms with Crippen molar-refractivity contribution >= 4 is 5.91 Å². The number of amides is 1. The largest absolute Gasteiger partial charge is 0.406 e. The number of carbonyl (C=O) groups excluding carboxylic acids is 1. The summed E-state index contributed by atoms with van der Waals surface area (Å²) in [6.07, 6.45) is -1.05. The first kappa shape index (κ1) is 15.6. The number of carbonyl (C=O) groups is 1. The fraction of sp³-hybridized carbons (Fsp3) is 0.929. The zero-order valence-corrected chi connectivity index (χ0v) is 12.1. The Balaban J connectivity index is 2.09. The van der Waals surface area contributed by atoms with Gasteiger partial charge in [-0.3, -0.25) is 4.79 Å². The molecule has 0 bridgehead atoms. The molecule has 1 atom stereocenters. The van der Waals surface area contributed by atoms with Gasteiger partial charge >= 0.3 is 6.18 Å². The number of alkyl halides is 3. The zero-order valence-electron chi connectivity index (χ0n) is 12.1. The molecule has 1 N–H and O–H groups in total. The van der Waals surface area contributed by atoms with Gasteiger partial charge in [0.15, 0.2) is 0 Å². The highest BCUT2D eigenvalue weighted by molar-refractivity contribution is 5.83.